The Morgan fingerprint density at radius 3 is 3.00 bits per heavy atom. The minimum Gasteiger partial charge on any atom is -0.376 e. The van der Waals surface area contributed by atoms with Gasteiger partial charge in [0.1, 0.15) is 0 Å². The van der Waals surface area contributed by atoms with Crippen molar-refractivity contribution in [3.05, 3.63) is 0 Å². The Morgan fingerprint density at radius 1 is 1.56 bits per heavy atom. The molecule has 0 bridgehead atoms. The third kappa shape index (κ3) is 2.79. The van der Waals surface area contributed by atoms with Crippen molar-refractivity contribution in [3.63, 3.8) is 0 Å². The van der Waals surface area contributed by atoms with Crippen molar-refractivity contribution in [1.29, 1.82) is 0 Å². The molecule has 1 aliphatic heterocycles. The van der Waals surface area contributed by atoms with Crippen LogP contribution >= 0.6 is 22.9 Å². The summed E-state index contributed by atoms with van der Waals surface area (Å²) < 4.78 is 13.5. The molecule has 1 atom stereocenters. The van der Waals surface area contributed by atoms with Crippen molar-refractivity contribution in [3.8, 4) is 0 Å². The predicted molar refractivity (Wildman–Crippen MR) is 42.6 cm³/mol. The SMILES string of the molecule is INCC1COCCO1. The van der Waals surface area contributed by atoms with Crippen LogP contribution in [0.2, 0.25) is 0 Å². The zero-order chi connectivity index (χ0) is 6.53. The number of rotatable bonds is 2. The first-order chi connectivity index (χ1) is 4.43. The molecule has 1 N–H and O–H groups in total. The molecule has 1 aliphatic rings. The summed E-state index contributed by atoms with van der Waals surface area (Å²) in [7, 11) is 0. The van der Waals surface area contributed by atoms with E-state index < -0.39 is 0 Å². The second kappa shape index (κ2) is 4.43. The van der Waals surface area contributed by atoms with Crippen LogP contribution in [0.3, 0.4) is 0 Å². The van der Waals surface area contributed by atoms with Gasteiger partial charge >= 0.3 is 0 Å². The minimum atomic E-state index is 0.260. The second-order valence-electron chi connectivity index (χ2n) is 1.91. The van der Waals surface area contributed by atoms with Crippen LogP contribution in [0.25, 0.3) is 0 Å². The van der Waals surface area contributed by atoms with Crippen LogP contribution in [-0.4, -0.2) is 32.5 Å². The normalized spacial score (nSPS) is 28.3. The van der Waals surface area contributed by atoms with Crippen LogP contribution in [0.1, 0.15) is 0 Å². The minimum absolute atomic E-state index is 0.260. The van der Waals surface area contributed by atoms with E-state index in [9.17, 15) is 0 Å². The quantitative estimate of drug-likeness (QED) is 0.560. The first kappa shape index (κ1) is 7.71. The molecule has 0 aromatic carbocycles. The van der Waals surface area contributed by atoms with E-state index in [2.05, 4.69) is 26.4 Å². The third-order valence-corrected chi connectivity index (χ3v) is 1.63. The van der Waals surface area contributed by atoms with Gasteiger partial charge in [-0.15, -0.1) is 0 Å². The van der Waals surface area contributed by atoms with Crippen molar-refractivity contribution < 1.29 is 9.47 Å². The number of hydrogen-bond donors (Lipinski definition) is 1. The van der Waals surface area contributed by atoms with Gasteiger partial charge in [0.05, 0.1) is 25.9 Å². The molecule has 0 aromatic rings. The molecule has 0 aliphatic carbocycles. The monoisotopic (exact) mass is 243 g/mol. The highest BCUT2D eigenvalue weighted by Crippen LogP contribution is 1.98. The molecule has 4 heteroatoms. The zero-order valence-corrected chi connectivity index (χ0v) is 7.26. The van der Waals surface area contributed by atoms with Crippen LogP contribution in [-0.2, 0) is 9.47 Å². The van der Waals surface area contributed by atoms with Gasteiger partial charge in [0.25, 0.3) is 0 Å². The third-order valence-electron chi connectivity index (χ3n) is 1.19. The van der Waals surface area contributed by atoms with E-state index in [4.69, 9.17) is 9.47 Å². The standard InChI is InChI=1S/C5H10INO2/c6-7-3-5-4-8-1-2-9-5/h5,7H,1-4H2. The maximum atomic E-state index is 5.33. The van der Waals surface area contributed by atoms with Crippen LogP contribution < -0.4 is 3.53 Å². The summed E-state index contributed by atoms with van der Waals surface area (Å²) in [5.74, 6) is 0. The lowest BCUT2D eigenvalue weighted by Gasteiger charge is -2.21. The summed E-state index contributed by atoms with van der Waals surface area (Å²) in [6.07, 6.45) is 0.260. The molecule has 1 fully saturated rings. The van der Waals surface area contributed by atoms with Crippen molar-refractivity contribution in [2.24, 2.45) is 0 Å². The average molecular weight is 243 g/mol. The Morgan fingerprint density at radius 2 is 2.44 bits per heavy atom. The fraction of sp³-hybridized carbons (Fsp3) is 1.00. The largest absolute Gasteiger partial charge is 0.376 e. The molecule has 0 spiro atoms. The Bertz CT molecular complexity index is 72.6. The van der Waals surface area contributed by atoms with E-state index in [0.717, 1.165) is 26.4 Å². The highest BCUT2D eigenvalue weighted by atomic mass is 127. The molecule has 0 saturated carbocycles. The number of hydrogen-bond acceptors (Lipinski definition) is 3. The first-order valence-electron chi connectivity index (χ1n) is 2.96. The molecule has 0 aromatic heterocycles. The Labute approximate surface area is 68.6 Å². The van der Waals surface area contributed by atoms with Gasteiger partial charge in [0.2, 0.25) is 0 Å². The van der Waals surface area contributed by atoms with Crippen molar-refractivity contribution in [2.75, 3.05) is 26.4 Å². The molecule has 1 heterocycles. The second-order valence-corrected chi connectivity index (χ2v) is 2.67. The van der Waals surface area contributed by atoms with Gasteiger partial charge < -0.3 is 9.47 Å². The molecule has 3 nitrogen and oxygen atoms in total. The molecule has 0 radical (unpaired) electrons. The van der Waals surface area contributed by atoms with Crippen LogP contribution in [0.15, 0.2) is 0 Å². The number of ether oxygens (including phenoxy) is 2. The van der Waals surface area contributed by atoms with Crippen molar-refractivity contribution >= 4 is 22.9 Å². The van der Waals surface area contributed by atoms with Crippen LogP contribution in [0.4, 0.5) is 0 Å². The molecule has 1 saturated heterocycles. The summed E-state index contributed by atoms with van der Waals surface area (Å²) in [4.78, 5) is 0. The van der Waals surface area contributed by atoms with Crippen LogP contribution in [0, 0.1) is 0 Å². The highest BCUT2D eigenvalue weighted by molar-refractivity contribution is 14.1. The van der Waals surface area contributed by atoms with Crippen molar-refractivity contribution in [2.45, 2.75) is 6.10 Å². The van der Waals surface area contributed by atoms with Gasteiger partial charge in [-0.3, -0.25) is 3.53 Å². The Hall–Kier alpha value is 0.610. The van der Waals surface area contributed by atoms with Gasteiger partial charge in [0.15, 0.2) is 0 Å². The summed E-state index contributed by atoms with van der Waals surface area (Å²) in [5, 5.41) is 0. The fourth-order valence-corrected chi connectivity index (χ4v) is 1.23. The molecule has 1 rings (SSSR count). The maximum absolute atomic E-state index is 5.33. The number of halogens is 1. The van der Waals surface area contributed by atoms with Gasteiger partial charge in [-0.05, 0) is 0 Å². The predicted octanol–water partition coefficient (Wildman–Crippen LogP) is 0.341. The van der Waals surface area contributed by atoms with E-state index in [1.807, 2.05) is 0 Å². The van der Waals surface area contributed by atoms with Gasteiger partial charge in [-0.2, -0.15) is 0 Å². The smallest absolute Gasteiger partial charge is 0.0941 e. The lowest BCUT2D eigenvalue weighted by molar-refractivity contribution is -0.0841. The van der Waals surface area contributed by atoms with Crippen LogP contribution in [0.5, 0.6) is 0 Å². The van der Waals surface area contributed by atoms with Gasteiger partial charge in [0, 0.05) is 29.4 Å². The molecular weight excluding hydrogens is 233 g/mol. The van der Waals surface area contributed by atoms with E-state index in [-0.39, 0.29) is 6.10 Å². The lowest BCUT2D eigenvalue weighted by atomic mass is 10.3. The van der Waals surface area contributed by atoms with E-state index in [1.165, 1.54) is 0 Å². The van der Waals surface area contributed by atoms with Gasteiger partial charge in [-0.1, -0.05) is 0 Å². The first-order valence-corrected chi connectivity index (χ1v) is 4.04. The zero-order valence-electron chi connectivity index (χ0n) is 5.10. The Balaban J connectivity index is 2.08. The average Bonchev–Trinajstić information content (AvgIpc) is 1.91. The Kier molecular flexibility index (Phi) is 3.80. The lowest BCUT2D eigenvalue weighted by Crippen LogP contribution is -2.34. The maximum Gasteiger partial charge on any atom is 0.0941 e. The summed E-state index contributed by atoms with van der Waals surface area (Å²) in [6, 6.07) is 0. The van der Waals surface area contributed by atoms with E-state index in [0.29, 0.717) is 0 Å². The highest BCUT2D eigenvalue weighted by Gasteiger charge is 2.12. The molecule has 1 unspecified atom stereocenters. The molecule has 9 heavy (non-hydrogen) atoms. The number of nitrogens with one attached hydrogen (secondary N) is 1. The van der Waals surface area contributed by atoms with E-state index in [1.54, 1.807) is 0 Å². The van der Waals surface area contributed by atoms with Gasteiger partial charge in [-0.25, -0.2) is 0 Å². The summed E-state index contributed by atoms with van der Waals surface area (Å²) in [6.45, 7) is 3.09. The van der Waals surface area contributed by atoms with E-state index >= 15 is 0 Å². The summed E-state index contributed by atoms with van der Waals surface area (Å²) in [5.41, 5.74) is 0. The molecule has 0 amide bonds. The molecule has 54 valence electrons. The fourth-order valence-electron chi connectivity index (χ4n) is 0.740. The summed E-state index contributed by atoms with van der Waals surface area (Å²) >= 11 is 2.10. The topological polar surface area (TPSA) is 30.5 Å². The van der Waals surface area contributed by atoms with Crippen molar-refractivity contribution in [1.82, 2.24) is 3.53 Å². The molecular formula is C5H10INO2.